The first-order valence-electron chi connectivity index (χ1n) is 10.8. The van der Waals surface area contributed by atoms with E-state index >= 15 is 0 Å². The number of aromatic amines is 1. The summed E-state index contributed by atoms with van der Waals surface area (Å²) in [6, 6.07) is 16.1. The molecule has 0 bridgehead atoms. The van der Waals surface area contributed by atoms with Crippen LogP contribution in [0.4, 0.5) is 0 Å². The van der Waals surface area contributed by atoms with Gasteiger partial charge in [0.25, 0.3) is 0 Å². The minimum atomic E-state index is 0.165. The second kappa shape index (κ2) is 7.77. The molecule has 3 aromatic rings. The van der Waals surface area contributed by atoms with Gasteiger partial charge in [0.15, 0.2) is 5.78 Å². The van der Waals surface area contributed by atoms with Crippen LogP contribution in [0.25, 0.3) is 16.5 Å². The molecule has 0 amide bonds. The second-order valence-electron chi connectivity index (χ2n) is 8.61. The Kier molecular flexibility index (Phi) is 4.95. The zero-order valence-electron chi connectivity index (χ0n) is 17.7. The second-order valence-corrected chi connectivity index (χ2v) is 8.61. The molecule has 2 atom stereocenters. The molecule has 30 heavy (non-hydrogen) atoms. The van der Waals surface area contributed by atoms with Gasteiger partial charge in [-0.2, -0.15) is 0 Å². The van der Waals surface area contributed by atoms with Crippen LogP contribution in [0.5, 0.6) is 5.75 Å². The zero-order chi connectivity index (χ0) is 20.7. The number of nitrogens with one attached hydrogen (secondary N) is 1. The number of fused-ring (bicyclic) bond motifs is 1. The third-order valence-corrected chi connectivity index (χ3v) is 6.61. The lowest BCUT2D eigenvalue weighted by atomic mass is 9.96. The Balaban J connectivity index is 1.22. The van der Waals surface area contributed by atoms with E-state index in [1.54, 1.807) is 7.11 Å². The van der Waals surface area contributed by atoms with Crippen molar-refractivity contribution in [1.82, 2.24) is 9.88 Å². The number of ether oxygens (including phenoxy) is 1. The highest BCUT2D eigenvalue weighted by atomic mass is 16.5. The Morgan fingerprint density at radius 1 is 1.20 bits per heavy atom. The Morgan fingerprint density at radius 3 is 2.87 bits per heavy atom. The molecule has 1 saturated carbocycles. The fraction of sp³-hybridized carbons (Fsp3) is 0.346. The molecule has 1 aliphatic carbocycles. The summed E-state index contributed by atoms with van der Waals surface area (Å²) >= 11 is 0. The molecule has 1 aliphatic heterocycles. The van der Waals surface area contributed by atoms with Crippen LogP contribution in [-0.2, 0) is 0 Å². The molecule has 4 heteroatoms. The summed E-state index contributed by atoms with van der Waals surface area (Å²) < 4.78 is 5.26. The fourth-order valence-corrected chi connectivity index (χ4v) is 4.89. The summed E-state index contributed by atoms with van der Waals surface area (Å²) in [4.78, 5) is 18.8. The van der Waals surface area contributed by atoms with Gasteiger partial charge in [0, 0.05) is 53.3 Å². The number of carbonyl (C=O) groups is 1. The van der Waals surface area contributed by atoms with E-state index in [2.05, 4.69) is 47.1 Å². The third-order valence-electron chi connectivity index (χ3n) is 6.61. The van der Waals surface area contributed by atoms with Gasteiger partial charge in [0.1, 0.15) is 5.75 Å². The van der Waals surface area contributed by atoms with E-state index in [0.29, 0.717) is 5.92 Å². The van der Waals surface area contributed by atoms with E-state index in [1.807, 2.05) is 24.3 Å². The maximum absolute atomic E-state index is 12.8. The first kappa shape index (κ1) is 19.1. The number of aryl methyl sites for hydroxylation is 1. The van der Waals surface area contributed by atoms with Crippen LogP contribution in [0.15, 0.2) is 54.6 Å². The smallest absolute Gasteiger partial charge is 0.166 e. The monoisotopic (exact) mass is 400 g/mol. The average Bonchev–Trinajstić information content (AvgIpc) is 3.46. The van der Waals surface area contributed by atoms with Crippen molar-refractivity contribution in [2.45, 2.75) is 19.8 Å². The molecule has 0 saturated heterocycles. The molecular formula is C26H28N2O2. The van der Waals surface area contributed by atoms with Crippen molar-refractivity contribution >= 4 is 22.3 Å². The average molecular weight is 401 g/mol. The van der Waals surface area contributed by atoms with Gasteiger partial charge in [-0.15, -0.1) is 0 Å². The lowest BCUT2D eigenvalue weighted by Gasteiger charge is -2.26. The van der Waals surface area contributed by atoms with Gasteiger partial charge >= 0.3 is 0 Å². The van der Waals surface area contributed by atoms with E-state index in [1.165, 1.54) is 27.7 Å². The number of ketones is 1. The summed E-state index contributed by atoms with van der Waals surface area (Å²) in [7, 11) is 1.64. The van der Waals surface area contributed by atoms with E-state index in [-0.39, 0.29) is 11.7 Å². The molecular weight excluding hydrogens is 372 g/mol. The highest BCUT2D eigenvalue weighted by Gasteiger charge is 2.43. The number of H-pyrrole nitrogens is 1. The van der Waals surface area contributed by atoms with Gasteiger partial charge in [-0.05, 0) is 49.5 Å². The number of rotatable bonds is 6. The van der Waals surface area contributed by atoms with Crippen LogP contribution in [0.1, 0.15) is 34.5 Å². The number of methoxy groups -OCH3 is 1. The predicted octanol–water partition coefficient (Wildman–Crippen LogP) is 5.09. The number of nitrogens with zero attached hydrogens (tertiary/aromatic N) is 1. The lowest BCUT2D eigenvalue weighted by Crippen LogP contribution is -2.31. The molecule has 2 aromatic carbocycles. The maximum atomic E-state index is 12.8. The van der Waals surface area contributed by atoms with Crippen molar-refractivity contribution in [3.05, 3.63) is 71.4 Å². The van der Waals surface area contributed by atoms with Crippen LogP contribution in [0.3, 0.4) is 0 Å². The van der Waals surface area contributed by atoms with E-state index < -0.39 is 0 Å². The van der Waals surface area contributed by atoms with Crippen molar-refractivity contribution < 1.29 is 9.53 Å². The van der Waals surface area contributed by atoms with E-state index in [0.717, 1.165) is 43.8 Å². The number of Topliss-reactive ketones (excluding diaryl/α,β-unsaturated/α-hetero) is 1. The van der Waals surface area contributed by atoms with Gasteiger partial charge in [0.05, 0.1) is 7.11 Å². The number of para-hydroxylation sites is 1. The van der Waals surface area contributed by atoms with Gasteiger partial charge in [-0.25, -0.2) is 0 Å². The Bertz CT molecular complexity index is 1130. The summed E-state index contributed by atoms with van der Waals surface area (Å²) in [5, 5.41) is 1.32. The van der Waals surface area contributed by atoms with Crippen molar-refractivity contribution in [2.24, 2.45) is 11.8 Å². The molecule has 2 aliphatic rings. The van der Waals surface area contributed by atoms with E-state index in [4.69, 9.17) is 4.74 Å². The highest BCUT2D eigenvalue weighted by molar-refractivity contribution is 6.00. The van der Waals surface area contributed by atoms with Crippen molar-refractivity contribution in [2.75, 3.05) is 26.7 Å². The van der Waals surface area contributed by atoms with Crippen molar-refractivity contribution in [3.63, 3.8) is 0 Å². The summed E-state index contributed by atoms with van der Waals surface area (Å²) in [5.74, 6) is 1.66. The molecule has 4 nitrogen and oxygen atoms in total. The number of hydrogen-bond donors (Lipinski definition) is 1. The Labute approximate surface area is 177 Å². The quantitative estimate of drug-likeness (QED) is 0.586. The molecule has 2 unspecified atom stereocenters. The van der Waals surface area contributed by atoms with E-state index in [9.17, 15) is 4.79 Å². The first-order chi connectivity index (χ1) is 14.6. The predicted molar refractivity (Wildman–Crippen MR) is 121 cm³/mol. The Hall–Kier alpha value is -2.85. The minimum Gasteiger partial charge on any atom is -0.497 e. The standard InChI is InChI=1S/C26H28N2O2/c1-17-25(22-8-3-4-9-24(22)27-17)18-10-12-28(13-11-18)16-20-15-23(20)26(29)19-6-5-7-21(14-19)30-2/h3-10,14,20,23,27H,11-13,15-16H2,1-2H3. The van der Waals surface area contributed by atoms with Gasteiger partial charge in [0.2, 0.25) is 0 Å². The first-order valence-corrected chi connectivity index (χ1v) is 10.8. The molecule has 5 rings (SSSR count). The SMILES string of the molecule is COc1cccc(C(=O)C2CC2CN2CC=C(c3c(C)[nH]c4ccccc34)CC2)c1. The van der Waals surface area contributed by atoms with Gasteiger partial charge < -0.3 is 9.72 Å². The molecule has 0 spiro atoms. The Morgan fingerprint density at radius 2 is 2.07 bits per heavy atom. The largest absolute Gasteiger partial charge is 0.497 e. The summed E-state index contributed by atoms with van der Waals surface area (Å²) in [5.41, 5.74) is 6.06. The topological polar surface area (TPSA) is 45.3 Å². The zero-order valence-corrected chi connectivity index (χ0v) is 17.7. The number of benzene rings is 2. The van der Waals surface area contributed by atoms with Crippen molar-refractivity contribution in [1.29, 1.82) is 0 Å². The van der Waals surface area contributed by atoms with Crippen LogP contribution in [-0.4, -0.2) is 42.4 Å². The molecule has 2 heterocycles. The minimum absolute atomic E-state index is 0.165. The fourth-order valence-electron chi connectivity index (χ4n) is 4.89. The maximum Gasteiger partial charge on any atom is 0.166 e. The molecule has 0 radical (unpaired) electrons. The number of carbonyl (C=O) groups excluding carboxylic acids is 1. The van der Waals surface area contributed by atoms with Crippen molar-refractivity contribution in [3.8, 4) is 5.75 Å². The summed E-state index contributed by atoms with van der Waals surface area (Å²) in [6.45, 7) is 5.20. The number of hydrogen-bond acceptors (Lipinski definition) is 3. The van der Waals surface area contributed by atoms with Crippen LogP contribution < -0.4 is 4.74 Å². The molecule has 1 N–H and O–H groups in total. The van der Waals surface area contributed by atoms with Gasteiger partial charge in [-0.3, -0.25) is 9.69 Å². The molecule has 154 valence electrons. The molecule has 1 aromatic heterocycles. The molecule has 1 fully saturated rings. The van der Waals surface area contributed by atoms with Crippen LogP contribution in [0.2, 0.25) is 0 Å². The lowest BCUT2D eigenvalue weighted by molar-refractivity contribution is 0.0957. The number of aromatic nitrogens is 1. The van der Waals surface area contributed by atoms with Crippen LogP contribution in [0, 0.1) is 18.8 Å². The van der Waals surface area contributed by atoms with Gasteiger partial charge in [-0.1, -0.05) is 36.4 Å². The highest BCUT2D eigenvalue weighted by Crippen LogP contribution is 2.42. The van der Waals surface area contributed by atoms with Crippen LogP contribution >= 0.6 is 0 Å². The normalized spacial score (nSPS) is 21.5. The summed E-state index contributed by atoms with van der Waals surface area (Å²) in [6.07, 6.45) is 4.45. The third kappa shape index (κ3) is 3.56.